The van der Waals surface area contributed by atoms with E-state index in [1.165, 1.54) is 0 Å². The molecule has 1 aliphatic carbocycles. The van der Waals surface area contributed by atoms with Crippen LogP contribution in [0.5, 0.6) is 0 Å². The Bertz CT molecular complexity index is 103. The molecule has 1 rings (SSSR count). The summed E-state index contributed by atoms with van der Waals surface area (Å²) in [6.07, 6.45) is 0.641. The van der Waals surface area contributed by atoms with Gasteiger partial charge in [-0.2, -0.15) is 0 Å². The molecule has 0 spiro atoms. The van der Waals surface area contributed by atoms with Crippen LogP contribution in [0, 0.1) is 5.92 Å². The van der Waals surface area contributed by atoms with Crippen molar-refractivity contribution in [2.45, 2.75) is 25.2 Å². The molecule has 1 fully saturated rings. The molecule has 0 aromatic carbocycles. The summed E-state index contributed by atoms with van der Waals surface area (Å²) in [6.45, 7) is 0.412. The van der Waals surface area contributed by atoms with E-state index < -0.39 is 5.92 Å². The van der Waals surface area contributed by atoms with Crippen molar-refractivity contribution in [1.82, 2.24) is 0 Å². The second-order valence-electron chi connectivity index (χ2n) is 2.70. The number of halogens is 2. The maximum atomic E-state index is 12.3. The van der Waals surface area contributed by atoms with Gasteiger partial charge in [0.1, 0.15) is 0 Å². The monoisotopic (exact) mass is 135 g/mol. The predicted octanol–water partition coefficient (Wildman–Crippen LogP) is 1.38. The van der Waals surface area contributed by atoms with Crippen molar-refractivity contribution in [1.29, 1.82) is 0 Å². The first-order valence-corrected chi connectivity index (χ1v) is 3.22. The molecule has 54 valence electrons. The molecule has 0 aliphatic heterocycles. The molecule has 0 bridgehead atoms. The number of rotatable bonds is 1. The average molecular weight is 135 g/mol. The van der Waals surface area contributed by atoms with E-state index in [9.17, 15) is 8.78 Å². The summed E-state index contributed by atoms with van der Waals surface area (Å²) >= 11 is 0. The molecule has 1 aliphatic rings. The Morgan fingerprint density at radius 2 is 2.22 bits per heavy atom. The zero-order chi connectivity index (χ0) is 6.91. The summed E-state index contributed by atoms with van der Waals surface area (Å²) in [4.78, 5) is 0. The summed E-state index contributed by atoms with van der Waals surface area (Å²) in [5, 5.41) is 0. The van der Waals surface area contributed by atoms with Crippen molar-refractivity contribution >= 4 is 0 Å². The second-order valence-corrected chi connectivity index (χ2v) is 2.70. The van der Waals surface area contributed by atoms with Crippen molar-refractivity contribution < 1.29 is 8.78 Å². The lowest BCUT2D eigenvalue weighted by Gasteiger charge is -2.06. The Morgan fingerprint density at radius 3 is 2.44 bits per heavy atom. The fourth-order valence-electron chi connectivity index (χ4n) is 1.24. The lowest BCUT2D eigenvalue weighted by molar-refractivity contribution is 0.00540. The molecule has 0 aromatic rings. The van der Waals surface area contributed by atoms with Crippen LogP contribution in [-0.4, -0.2) is 12.5 Å². The van der Waals surface area contributed by atoms with E-state index in [1.54, 1.807) is 0 Å². The molecule has 1 nitrogen and oxygen atoms in total. The summed E-state index contributed by atoms with van der Waals surface area (Å²) in [7, 11) is 0. The van der Waals surface area contributed by atoms with E-state index in [0.717, 1.165) is 0 Å². The quantitative estimate of drug-likeness (QED) is 0.577. The minimum atomic E-state index is -2.41. The topological polar surface area (TPSA) is 26.0 Å². The van der Waals surface area contributed by atoms with Gasteiger partial charge in [0.2, 0.25) is 5.92 Å². The maximum Gasteiger partial charge on any atom is 0.248 e. The van der Waals surface area contributed by atoms with Gasteiger partial charge < -0.3 is 5.73 Å². The number of nitrogens with two attached hydrogens (primary N) is 1. The van der Waals surface area contributed by atoms with Crippen LogP contribution in [0.3, 0.4) is 0 Å². The van der Waals surface area contributed by atoms with Crippen molar-refractivity contribution in [3.05, 3.63) is 0 Å². The van der Waals surface area contributed by atoms with Crippen LogP contribution in [-0.2, 0) is 0 Å². The van der Waals surface area contributed by atoms with Crippen LogP contribution in [0.4, 0.5) is 8.78 Å². The summed E-state index contributed by atoms with van der Waals surface area (Å²) in [5.74, 6) is -2.34. The van der Waals surface area contributed by atoms with E-state index >= 15 is 0 Å². The number of hydrogen-bond acceptors (Lipinski definition) is 1. The van der Waals surface area contributed by atoms with Crippen molar-refractivity contribution in [3.63, 3.8) is 0 Å². The van der Waals surface area contributed by atoms with Crippen molar-refractivity contribution in [3.8, 4) is 0 Å². The first-order chi connectivity index (χ1) is 4.14. The summed E-state index contributed by atoms with van der Waals surface area (Å²) in [5.41, 5.74) is 5.22. The van der Waals surface area contributed by atoms with Gasteiger partial charge in [-0.3, -0.25) is 0 Å². The van der Waals surface area contributed by atoms with Crippen LogP contribution in [0.25, 0.3) is 0 Å². The van der Waals surface area contributed by atoms with E-state index in [4.69, 9.17) is 5.73 Å². The standard InChI is InChI=1S/C6H11F2N/c7-6(8)2-1-5(3-6)4-9/h5H,1-4,9H2/t5-/m1/s1. The molecular weight excluding hydrogens is 124 g/mol. The van der Waals surface area contributed by atoms with E-state index in [1.807, 2.05) is 0 Å². The Morgan fingerprint density at radius 1 is 1.56 bits per heavy atom. The number of alkyl halides is 2. The summed E-state index contributed by atoms with van der Waals surface area (Å²) < 4.78 is 24.7. The minimum Gasteiger partial charge on any atom is -0.330 e. The normalized spacial score (nSPS) is 33.0. The van der Waals surface area contributed by atoms with Gasteiger partial charge in [-0.05, 0) is 18.9 Å². The first-order valence-electron chi connectivity index (χ1n) is 3.22. The fraction of sp³-hybridized carbons (Fsp3) is 1.00. The van der Waals surface area contributed by atoms with Gasteiger partial charge in [0.05, 0.1) is 0 Å². The van der Waals surface area contributed by atoms with Gasteiger partial charge in [0.15, 0.2) is 0 Å². The Kier molecular flexibility index (Phi) is 1.70. The average Bonchev–Trinajstić information content (AvgIpc) is 2.10. The highest BCUT2D eigenvalue weighted by Crippen LogP contribution is 2.37. The molecular formula is C6H11F2N. The first kappa shape index (κ1) is 6.93. The molecule has 0 aromatic heterocycles. The third-order valence-corrected chi connectivity index (χ3v) is 1.84. The fourth-order valence-corrected chi connectivity index (χ4v) is 1.24. The summed E-state index contributed by atoms with van der Waals surface area (Å²) in [6, 6.07) is 0. The van der Waals surface area contributed by atoms with Crippen LogP contribution >= 0.6 is 0 Å². The van der Waals surface area contributed by atoms with Crippen molar-refractivity contribution in [2.75, 3.05) is 6.54 Å². The van der Waals surface area contributed by atoms with Gasteiger partial charge >= 0.3 is 0 Å². The predicted molar refractivity (Wildman–Crippen MR) is 31.3 cm³/mol. The van der Waals surface area contributed by atoms with Gasteiger partial charge in [-0.1, -0.05) is 0 Å². The highest BCUT2D eigenvalue weighted by Gasteiger charge is 2.38. The lowest BCUT2D eigenvalue weighted by atomic mass is 10.1. The highest BCUT2D eigenvalue weighted by molar-refractivity contribution is 4.81. The van der Waals surface area contributed by atoms with Gasteiger partial charge in [0, 0.05) is 12.8 Å². The van der Waals surface area contributed by atoms with Crippen LogP contribution < -0.4 is 5.73 Å². The Balaban J connectivity index is 2.38. The van der Waals surface area contributed by atoms with E-state index in [-0.39, 0.29) is 18.8 Å². The Labute approximate surface area is 53.2 Å². The molecule has 0 amide bonds. The second kappa shape index (κ2) is 2.21. The van der Waals surface area contributed by atoms with Crippen LogP contribution in [0.15, 0.2) is 0 Å². The Hall–Kier alpha value is -0.180. The van der Waals surface area contributed by atoms with Crippen LogP contribution in [0.1, 0.15) is 19.3 Å². The maximum absolute atomic E-state index is 12.3. The zero-order valence-corrected chi connectivity index (χ0v) is 5.24. The molecule has 9 heavy (non-hydrogen) atoms. The minimum absolute atomic E-state index is 0.00347. The molecule has 0 unspecified atom stereocenters. The SMILES string of the molecule is NC[C@@H]1CCC(F)(F)C1. The van der Waals surface area contributed by atoms with Gasteiger partial charge in [-0.25, -0.2) is 8.78 Å². The van der Waals surface area contributed by atoms with Gasteiger partial charge in [0.25, 0.3) is 0 Å². The third-order valence-electron chi connectivity index (χ3n) is 1.84. The van der Waals surface area contributed by atoms with Gasteiger partial charge in [-0.15, -0.1) is 0 Å². The molecule has 0 radical (unpaired) electrons. The van der Waals surface area contributed by atoms with E-state index in [2.05, 4.69) is 0 Å². The molecule has 1 atom stereocenters. The molecule has 0 heterocycles. The molecule has 0 saturated heterocycles. The van der Waals surface area contributed by atoms with E-state index in [0.29, 0.717) is 13.0 Å². The third kappa shape index (κ3) is 1.61. The largest absolute Gasteiger partial charge is 0.330 e. The number of hydrogen-bond donors (Lipinski definition) is 1. The highest BCUT2D eigenvalue weighted by atomic mass is 19.3. The van der Waals surface area contributed by atoms with Crippen molar-refractivity contribution in [2.24, 2.45) is 11.7 Å². The lowest BCUT2D eigenvalue weighted by Crippen LogP contribution is -2.14. The molecule has 3 heteroatoms. The molecule has 2 N–H and O–H groups in total. The van der Waals surface area contributed by atoms with Crippen LogP contribution in [0.2, 0.25) is 0 Å². The molecule has 1 saturated carbocycles. The smallest absolute Gasteiger partial charge is 0.248 e. The zero-order valence-electron chi connectivity index (χ0n) is 5.24.